The summed E-state index contributed by atoms with van der Waals surface area (Å²) < 4.78 is 42.2. The summed E-state index contributed by atoms with van der Waals surface area (Å²) in [6, 6.07) is 10.7. The highest BCUT2D eigenvalue weighted by Gasteiger charge is 2.07. The summed E-state index contributed by atoms with van der Waals surface area (Å²) in [5.74, 6) is -0.713. The molecule has 0 unspecified atom stereocenters. The first-order valence-electron chi connectivity index (χ1n) is 7.20. The molecule has 0 aromatic heterocycles. The molecule has 2 rings (SSSR count). The Balaban J connectivity index is 1.97. The molecule has 0 aliphatic heterocycles. The van der Waals surface area contributed by atoms with Crippen LogP contribution >= 0.6 is 0 Å². The van der Waals surface area contributed by atoms with Gasteiger partial charge in [-0.3, -0.25) is 4.79 Å². The standard InChI is InChI=1S/C18H16F3NO2/c1-12-10-13(6-8-15(12)19)11-22-17(23)9-7-14-4-2-3-5-16(14)24-18(20)21/h2-10,18H,11H2,1H3,(H,22,23)/b9-7+. The lowest BCUT2D eigenvalue weighted by molar-refractivity contribution is -0.116. The average Bonchev–Trinajstić information content (AvgIpc) is 2.54. The molecule has 126 valence electrons. The number of hydrogen-bond acceptors (Lipinski definition) is 2. The van der Waals surface area contributed by atoms with Crippen LogP contribution in [0.3, 0.4) is 0 Å². The summed E-state index contributed by atoms with van der Waals surface area (Å²) in [7, 11) is 0. The smallest absolute Gasteiger partial charge is 0.387 e. The highest BCUT2D eigenvalue weighted by Crippen LogP contribution is 2.21. The second-order valence-corrected chi connectivity index (χ2v) is 5.05. The van der Waals surface area contributed by atoms with Crippen molar-refractivity contribution in [2.75, 3.05) is 0 Å². The van der Waals surface area contributed by atoms with Gasteiger partial charge < -0.3 is 10.1 Å². The van der Waals surface area contributed by atoms with Crippen LogP contribution in [0.15, 0.2) is 48.5 Å². The maximum atomic E-state index is 13.2. The molecule has 24 heavy (non-hydrogen) atoms. The molecule has 0 saturated carbocycles. The molecule has 0 fully saturated rings. The molecule has 0 bridgehead atoms. The van der Waals surface area contributed by atoms with Crippen LogP contribution in [0.1, 0.15) is 16.7 Å². The number of hydrogen-bond donors (Lipinski definition) is 1. The lowest BCUT2D eigenvalue weighted by Crippen LogP contribution is -2.20. The van der Waals surface area contributed by atoms with E-state index in [1.54, 1.807) is 37.3 Å². The van der Waals surface area contributed by atoms with Crippen LogP contribution in [0.25, 0.3) is 6.08 Å². The lowest BCUT2D eigenvalue weighted by Gasteiger charge is -2.07. The zero-order valence-electron chi connectivity index (χ0n) is 12.9. The van der Waals surface area contributed by atoms with E-state index in [-0.39, 0.29) is 18.1 Å². The second-order valence-electron chi connectivity index (χ2n) is 5.05. The molecule has 2 aromatic carbocycles. The summed E-state index contributed by atoms with van der Waals surface area (Å²) in [5, 5.41) is 2.64. The summed E-state index contributed by atoms with van der Waals surface area (Å²) in [5.41, 5.74) is 1.62. The molecule has 0 aliphatic carbocycles. The summed E-state index contributed by atoms with van der Waals surface area (Å²) in [6.07, 6.45) is 2.62. The quantitative estimate of drug-likeness (QED) is 0.808. The summed E-state index contributed by atoms with van der Waals surface area (Å²) in [4.78, 5) is 11.8. The number of nitrogens with one attached hydrogen (secondary N) is 1. The second kappa shape index (κ2) is 8.19. The van der Waals surface area contributed by atoms with Gasteiger partial charge in [-0.1, -0.05) is 30.3 Å². The van der Waals surface area contributed by atoms with Crippen molar-refractivity contribution in [2.45, 2.75) is 20.1 Å². The zero-order valence-corrected chi connectivity index (χ0v) is 12.9. The maximum absolute atomic E-state index is 13.2. The number of aryl methyl sites for hydroxylation is 1. The predicted octanol–water partition coefficient (Wildman–Crippen LogP) is 4.07. The van der Waals surface area contributed by atoms with Crippen LogP contribution in [-0.2, 0) is 11.3 Å². The third-order valence-electron chi connectivity index (χ3n) is 3.24. The number of alkyl halides is 2. The molecule has 1 N–H and O–H groups in total. The van der Waals surface area contributed by atoms with E-state index in [9.17, 15) is 18.0 Å². The largest absolute Gasteiger partial charge is 0.434 e. The van der Waals surface area contributed by atoms with E-state index in [4.69, 9.17) is 0 Å². The normalized spacial score (nSPS) is 11.0. The van der Waals surface area contributed by atoms with E-state index in [1.165, 1.54) is 24.3 Å². The first-order valence-corrected chi connectivity index (χ1v) is 7.20. The highest BCUT2D eigenvalue weighted by molar-refractivity contribution is 5.92. The van der Waals surface area contributed by atoms with Gasteiger partial charge in [0.05, 0.1) is 0 Å². The van der Waals surface area contributed by atoms with Crippen molar-refractivity contribution >= 4 is 12.0 Å². The third kappa shape index (κ3) is 5.15. The molecule has 1 amide bonds. The molecule has 3 nitrogen and oxygen atoms in total. The third-order valence-corrected chi connectivity index (χ3v) is 3.24. The molecule has 0 heterocycles. The molecular weight excluding hydrogens is 319 g/mol. The van der Waals surface area contributed by atoms with Gasteiger partial charge in [-0.2, -0.15) is 8.78 Å². The average molecular weight is 335 g/mol. The van der Waals surface area contributed by atoms with Crippen LogP contribution < -0.4 is 10.1 Å². The fourth-order valence-corrected chi connectivity index (χ4v) is 2.05. The maximum Gasteiger partial charge on any atom is 0.387 e. The Morgan fingerprint density at radius 3 is 2.71 bits per heavy atom. The van der Waals surface area contributed by atoms with E-state index in [2.05, 4.69) is 10.1 Å². The van der Waals surface area contributed by atoms with Gasteiger partial charge in [0, 0.05) is 18.2 Å². The molecule has 2 aromatic rings. The summed E-state index contributed by atoms with van der Waals surface area (Å²) >= 11 is 0. The Kier molecular flexibility index (Phi) is 6.01. The molecule has 0 aliphatic rings. The topological polar surface area (TPSA) is 38.3 Å². The van der Waals surface area contributed by atoms with Gasteiger partial charge in [-0.05, 0) is 36.3 Å². The van der Waals surface area contributed by atoms with E-state index < -0.39 is 12.5 Å². The Labute approximate surface area is 137 Å². The Morgan fingerprint density at radius 2 is 2.00 bits per heavy atom. The van der Waals surface area contributed by atoms with Crippen molar-refractivity contribution in [1.82, 2.24) is 5.32 Å². The number of rotatable bonds is 6. The van der Waals surface area contributed by atoms with E-state index in [0.717, 1.165) is 5.56 Å². The Hall–Kier alpha value is -2.76. The lowest BCUT2D eigenvalue weighted by atomic mass is 10.1. The Morgan fingerprint density at radius 1 is 1.25 bits per heavy atom. The number of carbonyl (C=O) groups is 1. The van der Waals surface area contributed by atoms with Crippen molar-refractivity contribution in [2.24, 2.45) is 0 Å². The number of carbonyl (C=O) groups excluding carboxylic acids is 1. The van der Waals surface area contributed by atoms with Crippen molar-refractivity contribution in [1.29, 1.82) is 0 Å². The summed E-state index contributed by atoms with van der Waals surface area (Å²) in [6.45, 7) is -1.06. The number of benzene rings is 2. The van der Waals surface area contributed by atoms with Gasteiger partial charge >= 0.3 is 6.61 Å². The van der Waals surface area contributed by atoms with Crippen molar-refractivity contribution in [3.8, 4) is 5.75 Å². The van der Waals surface area contributed by atoms with Gasteiger partial charge in [0.2, 0.25) is 5.91 Å². The first-order chi connectivity index (χ1) is 11.5. The monoisotopic (exact) mass is 335 g/mol. The van der Waals surface area contributed by atoms with Crippen LogP contribution in [0.4, 0.5) is 13.2 Å². The minimum absolute atomic E-state index is 0.00860. The minimum Gasteiger partial charge on any atom is -0.434 e. The number of halogens is 3. The van der Waals surface area contributed by atoms with Gasteiger partial charge in [0.25, 0.3) is 0 Å². The van der Waals surface area contributed by atoms with Crippen LogP contribution in [0.5, 0.6) is 5.75 Å². The van der Waals surface area contributed by atoms with Crippen molar-refractivity contribution in [3.05, 3.63) is 71.0 Å². The first kappa shape index (κ1) is 17.6. The van der Waals surface area contributed by atoms with Crippen LogP contribution in [0, 0.1) is 12.7 Å². The molecule has 0 atom stereocenters. The van der Waals surface area contributed by atoms with Gasteiger partial charge in [0.15, 0.2) is 0 Å². The fourth-order valence-electron chi connectivity index (χ4n) is 2.05. The van der Waals surface area contributed by atoms with E-state index >= 15 is 0 Å². The molecule has 6 heteroatoms. The minimum atomic E-state index is -2.94. The Bertz CT molecular complexity index is 745. The van der Waals surface area contributed by atoms with Crippen molar-refractivity contribution in [3.63, 3.8) is 0 Å². The molecule has 0 spiro atoms. The molecule has 0 saturated heterocycles. The molecular formula is C18H16F3NO2. The zero-order chi connectivity index (χ0) is 17.5. The fraction of sp³-hybridized carbons (Fsp3) is 0.167. The highest BCUT2D eigenvalue weighted by atomic mass is 19.3. The van der Waals surface area contributed by atoms with E-state index in [0.29, 0.717) is 11.1 Å². The predicted molar refractivity (Wildman–Crippen MR) is 85.1 cm³/mol. The van der Waals surface area contributed by atoms with Crippen LogP contribution in [-0.4, -0.2) is 12.5 Å². The van der Waals surface area contributed by atoms with Crippen molar-refractivity contribution < 1.29 is 22.7 Å². The number of ether oxygens (including phenoxy) is 1. The number of amides is 1. The van der Waals surface area contributed by atoms with Crippen LogP contribution in [0.2, 0.25) is 0 Å². The number of para-hydroxylation sites is 1. The van der Waals surface area contributed by atoms with E-state index in [1.807, 2.05) is 0 Å². The SMILES string of the molecule is Cc1cc(CNC(=O)/C=C/c2ccccc2OC(F)F)ccc1F. The van der Waals surface area contributed by atoms with Gasteiger partial charge in [-0.25, -0.2) is 4.39 Å². The van der Waals surface area contributed by atoms with Gasteiger partial charge in [-0.15, -0.1) is 0 Å². The van der Waals surface area contributed by atoms with Gasteiger partial charge in [0.1, 0.15) is 11.6 Å². The molecule has 0 radical (unpaired) electrons.